The van der Waals surface area contributed by atoms with E-state index < -0.39 is 0 Å². The highest BCUT2D eigenvalue weighted by atomic mass is 16.5. The summed E-state index contributed by atoms with van der Waals surface area (Å²) in [6.07, 6.45) is 0. The normalized spacial score (nSPS) is 13.5. The maximum Gasteiger partial charge on any atom is 0.254 e. The number of hydrogen-bond donors (Lipinski definition) is 0. The summed E-state index contributed by atoms with van der Waals surface area (Å²) in [5.41, 5.74) is 5.88. The molecule has 0 N–H and O–H groups in total. The molecule has 182 valence electrons. The molecule has 1 aliphatic heterocycles. The Morgan fingerprint density at radius 1 is 0.971 bits per heavy atom. The van der Waals surface area contributed by atoms with Gasteiger partial charge in [0, 0.05) is 30.3 Å². The molecule has 0 saturated heterocycles. The summed E-state index contributed by atoms with van der Waals surface area (Å²) in [6, 6.07) is 21.8. The minimum atomic E-state index is -0.0180. The average Bonchev–Trinajstić information content (AvgIpc) is 3.04. The van der Waals surface area contributed by atoms with Crippen LogP contribution in [0, 0.1) is 6.92 Å². The summed E-state index contributed by atoms with van der Waals surface area (Å²) >= 11 is 0. The van der Waals surface area contributed by atoms with Crippen LogP contribution in [0.1, 0.15) is 60.3 Å². The van der Waals surface area contributed by atoms with Gasteiger partial charge in [-0.3, -0.25) is 9.59 Å². The Bertz CT molecular complexity index is 1210. The first kappa shape index (κ1) is 24.5. The molecule has 3 aromatic carbocycles. The fourth-order valence-corrected chi connectivity index (χ4v) is 4.31. The van der Waals surface area contributed by atoms with E-state index in [1.807, 2.05) is 78.6 Å². The Morgan fingerprint density at radius 3 is 2.29 bits per heavy atom. The first-order valence-electron chi connectivity index (χ1n) is 12.1. The van der Waals surface area contributed by atoms with Crippen molar-refractivity contribution in [2.75, 3.05) is 18.1 Å². The molecule has 0 saturated carbocycles. The molecule has 35 heavy (non-hydrogen) atoms. The predicted octanol–water partition coefficient (Wildman–Crippen LogP) is 5.88. The number of carbonyl (C=O) groups is 2. The minimum absolute atomic E-state index is 0.00247. The standard InChI is InChI=1S/C30H34N2O3/c1-21-6-13-27(14-7-21)32(22(2)33)19-23-8-15-28-25(18-23)20-31(16-17-35-28)29(34)24-9-11-26(12-10-24)30(3,4)5/h6-15,18H,16-17,19-20H2,1-5H3. The summed E-state index contributed by atoms with van der Waals surface area (Å²) in [5.74, 6) is 0.768. The Labute approximate surface area is 208 Å². The summed E-state index contributed by atoms with van der Waals surface area (Å²) in [5, 5.41) is 0. The van der Waals surface area contributed by atoms with Crippen molar-refractivity contribution in [2.45, 2.75) is 53.1 Å². The lowest BCUT2D eigenvalue weighted by Gasteiger charge is -2.23. The van der Waals surface area contributed by atoms with Crippen LogP contribution in [-0.2, 0) is 23.3 Å². The van der Waals surface area contributed by atoms with Gasteiger partial charge in [0.25, 0.3) is 5.91 Å². The molecule has 4 rings (SSSR count). The number of anilines is 1. The van der Waals surface area contributed by atoms with Crippen molar-refractivity contribution in [3.8, 4) is 5.75 Å². The molecule has 1 heterocycles. The van der Waals surface area contributed by atoms with Crippen molar-refractivity contribution < 1.29 is 14.3 Å². The third kappa shape index (κ3) is 5.73. The second-order valence-electron chi connectivity index (χ2n) is 10.3. The zero-order chi connectivity index (χ0) is 25.2. The number of hydrogen-bond acceptors (Lipinski definition) is 3. The molecule has 0 aliphatic carbocycles. The molecule has 5 heteroatoms. The minimum Gasteiger partial charge on any atom is -0.491 e. The predicted molar refractivity (Wildman–Crippen MR) is 140 cm³/mol. The van der Waals surface area contributed by atoms with Crippen LogP contribution in [0.3, 0.4) is 0 Å². The second kappa shape index (κ2) is 9.95. The SMILES string of the molecule is CC(=O)N(Cc1ccc2c(c1)CN(C(=O)c1ccc(C(C)(C)C)cc1)CCO2)c1ccc(C)cc1. The number of benzene rings is 3. The van der Waals surface area contributed by atoms with Crippen molar-refractivity contribution in [1.29, 1.82) is 0 Å². The average molecular weight is 471 g/mol. The molecule has 5 nitrogen and oxygen atoms in total. The first-order chi connectivity index (χ1) is 16.6. The zero-order valence-electron chi connectivity index (χ0n) is 21.3. The van der Waals surface area contributed by atoms with E-state index >= 15 is 0 Å². The molecule has 0 fully saturated rings. The summed E-state index contributed by atoms with van der Waals surface area (Å²) in [7, 11) is 0. The van der Waals surface area contributed by atoms with Gasteiger partial charge in [-0.1, -0.05) is 56.7 Å². The smallest absolute Gasteiger partial charge is 0.254 e. The molecule has 0 radical (unpaired) electrons. The van der Waals surface area contributed by atoms with Crippen molar-refractivity contribution in [2.24, 2.45) is 0 Å². The number of amides is 2. The van der Waals surface area contributed by atoms with Gasteiger partial charge in [-0.05, 0) is 59.9 Å². The van der Waals surface area contributed by atoms with E-state index in [0.29, 0.717) is 31.8 Å². The molecule has 0 bridgehead atoms. The molecular weight excluding hydrogens is 436 g/mol. The van der Waals surface area contributed by atoms with Gasteiger partial charge >= 0.3 is 0 Å². The van der Waals surface area contributed by atoms with Gasteiger partial charge < -0.3 is 14.5 Å². The zero-order valence-corrected chi connectivity index (χ0v) is 21.3. The first-order valence-corrected chi connectivity index (χ1v) is 12.1. The van der Waals surface area contributed by atoms with Crippen molar-refractivity contribution >= 4 is 17.5 Å². The van der Waals surface area contributed by atoms with Crippen molar-refractivity contribution in [3.05, 3.63) is 94.5 Å². The van der Waals surface area contributed by atoms with E-state index in [-0.39, 0.29) is 17.2 Å². The van der Waals surface area contributed by atoms with Gasteiger partial charge in [0.05, 0.1) is 13.1 Å². The van der Waals surface area contributed by atoms with Crippen LogP contribution in [0.4, 0.5) is 5.69 Å². The molecule has 0 spiro atoms. The molecule has 0 unspecified atom stereocenters. The summed E-state index contributed by atoms with van der Waals surface area (Å²) in [4.78, 5) is 29.3. The third-order valence-electron chi connectivity index (χ3n) is 6.46. The number of carbonyl (C=O) groups excluding carboxylic acids is 2. The number of ether oxygens (including phenoxy) is 1. The molecule has 0 aromatic heterocycles. The van der Waals surface area contributed by atoms with E-state index in [2.05, 4.69) is 20.8 Å². The number of aryl methyl sites for hydroxylation is 1. The lowest BCUT2D eigenvalue weighted by molar-refractivity contribution is -0.116. The van der Waals surface area contributed by atoms with Crippen LogP contribution in [0.15, 0.2) is 66.7 Å². The van der Waals surface area contributed by atoms with E-state index in [1.54, 1.807) is 11.8 Å². The molecule has 1 aliphatic rings. The monoisotopic (exact) mass is 470 g/mol. The van der Waals surface area contributed by atoms with Gasteiger partial charge in [-0.2, -0.15) is 0 Å². The van der Waals surface area contributed by atoms with Gasteiger partial charge in [0.15, 0.2) is 0 Å². The van der Waals surface area contributed by atoms with Gasteiger partial charge in [-0.25, -0.2) is 0 Å². The maximum absolute atomic E-state index is 13.3. The van der Waals surface area contributed by atoms with Crippen molar-refractivity contribution in [1.82, 2.24) is 4.90 Å². The number of nitrogens with zero attached hydrogens (tertiary/aromatic N) is 2. The van der Waals surface area contributed by atoms with Crippen LogP contribution in [0.2, 0.25) is 0 Å². The van der Waals surface area contributed by atoms with Gasteiger partial charge in [0.1, 0.15) is 12.4 Å². The van der Waals surface area contributed by atoms with E-state index in [0.717, 1.165) is 28.1 Å². The molecule has 3 aromatic rings. The number of rotatable bonds is 4. The lowest BCUT2D eigenvalue weighted by Crippen LogP contribution is -2.32. The highest BCUT2D eigenvalue weighted by Crippen LogP contribution is 2.28. The van der Waals surface area contributed by atoms with E-state index in [1.165, 1.54) is 5.56 Å². The third-order valence-corrected chi connectivity index (χ3v) is 6.46. The topological polar surface area (TPSA) is 49.9 Å². The quantitative estimate of drug-likeness (QED) is 0.478. The summed E-state index contributed by atoms with van der Waals surface area (Å²) in [6.45, 7) is 12.0. The van der Waals surface area contributed by atoms with Crippen molar-refractivity contribution in [3.63, 3.8) is 0 Å². The summed E-state index contributed by atoms with van der Waals surface area (Å²) < 4.78 is 5.96. The molecule has 0 atom stereocenters. The van der Waals surface area contributed by atoms with Gasteiger partial charge in [0.2, 0.25) is 5.91 Å². The van der Waals surface area contributed by atoms with E-state index in [4.69, 9.17) is 4.74 Å². The highest BCUT2D eigenvalue weighted by molar-refractivity contribution is 5.94. The highest BCUT2D eigenvalue weighted by Gasteiger charge is 2.23. The van der Waals surface area contributed by atoms with Crippen LogP contribution in [0.5, 0.6) is 5.75 Å². The van der Waals surface area contributed by atoms with Crippen LogP contribution >= 0.6 is 0 Å². The van der Waals surface area contributed by atoms with E-state index in [9.17, 15) is 9.59 Å². The molecular formula is C30H34N2O3. The Kier molecular flexibility index (Phi) is 6.97. The molecule has 2 amide bonds. The fraction of sp³-hybridized carbons (Fsp3) is 0.333. The fourth-order valence-electron chi connectivity index (χ4n) is 4.31. The number of fused-ring (bicyclic) bond motifs is 1. The van der Waals surface area contributed by atoms with Crippen LogP contribution in [-0.4, -0.2) is 29.9 Å². The Morgan fingerprint density at radius 2 is 1.66 bits per heavy atom. The Balaban J connectivity index is 1.54. The lowest BCUT2D eigenvalue weighted by atomic mass is 9.86. The van der Waals surface area contributed by atoms with Crippen LogP contribution in [0.25, 0.3) is 0 Å². The maximum atomic E-state index is 13.3. The van der Waals surface area contributed by atoms with Gasteiger partial charge in [-0.15, -0.1) is 0 Å². The largest absolute Gasteiger partial charge is 0.491 e. The van der Waals surface area contributed by atoms with Crippen LogP contribution < -0.4 is 9.64 Å². The second-order valence-corrected chi connectivity index (χ2v) is 10.3. The Hall–Kier alpha value is -3.60.